The van der Waals surface area contributed by atoms with Crippen molar-refractivity contribution in [2.75, 3.05) is 0 Å². The highest BCUT2D eigenvalue weighted by Crippen LogP contribution is 2.17. The van der Waals surface area contributed by atoms with Crippen molar-refractivity contribution in [2.24, 2.45) is 5.73 Å². The average molecular weight is 320 g/mol. The zero-order valence-electron chi connectivity index (χ0n) is 10.3. The quantitative estimate of drug-likeness (QED) is 0.880. The molecule has 0 amide bonds. The third-order valence-electron chi connectivity index (χ3n) is 2.71. The first-order chi connectivity index (χ1) is 9.20. The van der Waals surface area contributed by atoms with Gasteiger partial charge in [0.15, 0.2) is 0 Å². The molecule has 0 aliphatic carbocycles. The molecule has 19 heavy (non-hydrogen) atoms. The SMILES string of the molecule is NCc1cccc(C(=O)OCc2ccccc2Br)c1. The van der Waals surface area contributed by atoms with Crippen LogP contribution in [-0.4, -0.2) is 5.97 Å². The fourth-order valence-corrected chi connectivity index (χ4v) is 2.07. The minimum atomic E-state index is -0.342. The molecule has 0 aliphatic heterocycles. The summed E-state index contributed by atoms with van der Waals surface area (Å²) in [4.78, 5) is 11.9. The molecule has 2 aromatic carbocycles. The normalized spacial score (nSPS) is 10.2. The average Bonchev–Trinajstić information content (AvgIpc) is 2.46. The van der Waals surface area contributed by atoms with Gasteiger partial charge in [0.25, 0.3) is 0 Å². The molecule has 0 bridgehead atoms. The van der Waals surface area contributed by atoms with Gasteiger partial charge in [-0.05, 0) is 23.8 Å². The van der Waals surface area contributed by atoms with Crippen molar-refractivity contribution in [3.63, 3.8) is 0 Å². The summed E-state index contributed by atoms with van der Waals surface area (Å²) >= 11 is 3.42. The zero-order chi connectivity index (χ0) is 13.7. The number of benzene rings is 2. The monoisotopic (exact) mass is 319 g/mol. The van der Waals surface area contributed by atoms with Gasteiger partial charge in [-0.3, -0.25) is 0 Å². The van der Waals surface area contributed by atoms with E-state index in [0.717, 1.165) is 15.6 Å². The van der Waals surface area contributed by atoms with Crippen LogP contribution >= 0.6 is 15.9 Å². The van der Waals surface area contributed by atoms with E-state index < -0.39 is 0 Å². The van der Waals surface area contributed by atoms with Gasteiger partial charge in [0.2, 0.25) is 0 Å². The zero-order valence-corrected chi connectivity index (χ0v) is 11.9. The number of nitrogens with two attached hydrogens (primary N) is 1. The first-order valence-corrected chi connectivity index (χ1v) is 6.69. The van der Waals surface area contributed by atoms with Crippen LogP contribution in [0.15, 0.2) is 53.0 Å². The Hall–Kier alpha value is -1.65. The molecular formula is C15H14BrNO2. The molecule has 0 aromatic heterocycles. The molecule has 98 valence electrons. The summed E-state index contributed by atoms with van der Waals surface area (Å²) in [6, 6.07) is 14.8. The van der Waals surface area contributed by atoms with Gasteiger partial charge in [-0.2, -0.15) is 0 Å². The van der Waals surface area contributed by atoms with Gasteiger partial charge in [0.05, 0.1) is 5.56 Å². The van der Waals surface area contributed by atoms with Crippen LogP contribution < -0.4 is 5.73 Å². The van der Waals surface area contributed by atoms with Gasteiger partial charge >= 0.3 is 5.97 Å². The third-order valence-corrected chi connectivity index (χ3v) is 3.49. The lowest BCUT2D eigenvalue weighted by Gasteiger charge is -2.07. The second-order valence-corrected chi connectivity index (χ2v) is 4.93. The number of esters is 1. The standard InChI is InChI=1S/C15H14BrNO2/c16-14-7-2-1-5-13(14)10-19-15(18)12-6-3-4-11(8-12)9-17/h1-8H,9-10,17H2. The summed E-state index contributed by atoms with van der Waals surface area (Å²) in [6.07, 6.45) is 0. The van der Waals surface area contributed by atoms with E-state index in [0.29, 0.717) is 12.1 Å². The van der Waals surface area contributed by atoms with Crippen LogP contribution in [-0.2, 0) is 17.9 Å². The van der Waals surface area contributed by atoms with E-state index in [1.165, 1.54) is 0 Å². The van der Waals surface area contributed by atoms with Crippen LogP contribution in [0.25, 0.3) is 0 Å². The highest BCUT2D eigenvalue weighted by molar-refractivity contribution is 9.10. The van der Waals surface area contributed by atoms with Crippen molar-refractivity contribution in [2.45, 2.75) is 13.2 Å². The van der Waals surface area contributed by atoms with Gasteiger partial charge in [-0.1, -0.05) is 46.3 Å². The molecule has 0 saturated heterocycles. The van der Waals surface area contributed by atoms with Crippen LogP contribution in [0.4, 0.5) is 0 Å². The van der Waals surface area contributed by atoms with Gasteiger partial charge in [-0.15, -0.1) is 0 Å². The van der Waals surface area contributed by atoms with Gasteiger partial charge in [0, 0.05) is 16.6 Å². The lowest BCUT2D eigenvalue weighted by Crippen LogP contribution is -2.07. The lowest BCUT2D eigenvalue weighted by molar-refractivity contribution is 0.0472. The first-order valence-electron chi connectivity index (χ1n) is 5.90. The molecule has 2 aromatic rings. The molecule has 0 radical (unpaired) electrons. The van der Waals surface area contributed by atoms with Crippen molar-refractivity contribution in [1.82, 2.24) is 0 Å². The van der Waals surface area contributed by atoms with E-state index in [-0.39, 0.29) is 12.6 Å². The second-order valence-electron chi connectivity index (χ2n) is 4.07. The highest BCUT2D eigenvalue weighted by atomic mass is 79.9. The van der Waals surface area contributed by atoms with Crippen molar-refractivity contribution >= 4 is 21.9 Å². The maximum absolute atomic E-state index is 11.9. The van der Waals surface area contributed by atoms with Gasteiger partial charge < -0.3 is 10.5 Å². The number of ether oxygens (including phenoxy) is 1. The lowest BCUT2D eigenvalue weighted by atomic mass is 10.1. The largest absolute Gasteiger partial charge is 0.457 e. The highest BCUT2D eigenvalue weighted by Gasteiger charge is 2.08. The molecule has 0 spiro atoms. The van der Waals surface area contributed by atoms with Crippen molar-refractivity contribution in [1.29, 1.82) is 0 Å². The number of hydrogen-bond acceptors (Lipinski definition) is 3. The maximum atomic E-state index is 11.9. The van der Waals surface area contributed by atoms with E-state index >= 15 is 0 Å². The molecule has 3 nitrogen and oxygen atoms in total. The van der Waals surface area contributed by atoms with E-state index in [4.69, 9.17) is 10.5 Å². The fraction of sp³-hybridized carbons (Fsp3) is 0.133. The first kappa shape index (κ1) is 13.8. The smallest absolute Gasteiger partial charge is 0.338 e. The molecule has 0 saturated carbocycles. The Bertz CT molecular complexity index is 584. The minimum absolute atomic E-state index is 0.243. The summed E-state index contributed by atoms with van der Waals surface area (Å²) in [6.45, 7) is 0.651. The predicted octanol–water partition coefficient (Wildman–Crippen LogP) is 3.26. The predicted molar refractivity (Wildman–Crippen MR) is 77.6 cm³/mol. The Labute approximate surface area is 120 Å². The van der Waals surface area contributed by atoms with E-state index in [1.807, 2.05) is 30.3 Å². The van der Waals surface area contributed by atoms with Crippen LogP contribution in [0.5, 0.6) is 0 Å². The van der Waals surface area contributed by atoms with Crippen LogP contribution in [0.1, 0.15) is 21.5 Å². The van der Waals surface area contributed by atoms with Crippen molar-refractivity contribution in [3.8, 4) is 0 Å². The third kappa shape index (κ3) is 3.66. The van der Waals surface area contributed by atoms with E-state index in [9.17, 15) is 4.79 Å². The van der Waals surface area contributed by atoms with E-state index in [1.54, 1.807) is 18.2 Å². The van der Waals surface area contributed by atoms with Crippen LogP contribution in [0.3, 0.4) is 0 Å². The summed E-state index contributed by atoms with van der Waals surface area (Å²) in [5.41, 5.74) is 7.92. The number of rotatable bonds is 4. The Morgan fingerprint density at radius 1 is 1.16 bits per heavy atom. The molecule has 0 unspecified atom stereocenters. The van der Waals surface area contributed by atoms with Crippen LogP contribution in [0.2, 0.25) is 0 Å². The molecule has 2 rings (SSSR count). The fourth-order valence-electron chi connectivity index (χ4n) is 1.67. The Morgan fingerprint density at radius 3 is 2.68 bits per heavy atom. The summed E-state index contributed by atoms with van der Waals surface area (Å²) < 4.78 is 6.21. The molecule has 2 N–H and O–H groups in total. The van der Waals surface area contributed by atoms with Crippen molar-refractivity contribution < 1.29 is 9.53 Å². The molecule has 4 heteroatoms. The Balaban J connectivity index is 2.03. The molecule has 0 aliphatic rings. The van der Waals surface area contributed by atoms with Gasteiger partial charge in [0.1, 0.15) is 6.61 Å². The summed E-state index contributed by atoms with van der Waals surface area (Å²) in [5.74, 6) is -0.342. The summed E-state index contributed by atoms with van der Waals surface area (Å²) in [5, 5.41) is 0. The maximum Gasteiger partial charge on any atom is 0.338 e. The number of halogens is 1. The number of carbonyl (C=O) groups excluding carboxylic acids is 1. The number of carbonyl (C=O) groups is 1. The number of hydrogen-bond donors (Lipinski definition) is 1. The Kier molecular flexibility index (Phi) is 4.71. The second kappa shape index (κ2) is 6.50. The summed E-state index contributed by atoms with van der Waals surface area (Å²) in [7, 11) is 0. The van der Waals surface area contributed by atoms with Crippen LogP contribution in [0, 0.1) is 0 Å². The topological polar surface area (TPSA) is 52.3 Å². The Morgan fingerprint density at radius 2 is 1.95 bits per heavy atom. The molecule has 0 atom stereocenters. The van der Waals surface area contributed by atoms with Crippen molar-refractivity contribution in [3.05, 3.63) is 69.7 Å². The molecular weight excluding hydrogens is 306 g/mol. The molecule has 0 fully saturated rings. The minimum Gasteiger partial charge on any atom is -0.457 e. The molecule has 0 heterocycles. The van der Waals surface area contributed by atoms with E-state index in [2.05, 4.69) is 15.9 Å². The van der Waals surface area contributed by atoms with Gasteiger partial charge in [-0.25, -0.2) is 4.79 Å².